The Morgan fingerprint density at radius 3 is 1.97 bits per heavy atom. The average molecular weight is 570 g/mol. The van der Waals surface area contributed by atoms with Crippen molar-refractivity contribution < 1.29 is 13.5 Å². The second-order valence-corrected chi connectivity index (χ2v) is 13.7. The van der Waals surface area contributed by atoms with E-state index in [0.29, 0.717) is 6.42 Å². The summed E-state index contributed by atoms with van der Waals surface area (Å²) in [6, 6.07) is 23.3. The normalized spacial score (nSPS) is 21.8. The van der Waals surface area contributed by atoms with E-state index in [-0.39, 0.29) is 22.3 Å². The first kappa shape index (κ1) is 27.6. The summed E-state index contributed by atoms with van der Waals surface area (Å²) in [6.07, 6.45) is 9.63. The molecule has 200 valence electrons. The van der Waals surface area contributed by atoms with Gasteiger partial charge in [-0.15, -0.1) is 23.5 Å². The van der Waals surface area contributed by atoms with E-state index in [1.165, 1.54) is 68.3 Å². The van der Waals surface area contributed by atoms with Crippen LogP contribution in [-0.2, 0) is 4.74 Å². The predicted octanol–water partition coefficient (Wildman–Crippen LogP) is 10.0. The zero-order chi connectivity index (χ0) is 26.2. The van der Waals surface area contributed by atoms with Gasteiger partial charge in [0.15, 0.2) is 5.90 Å². The van der Waals surface area contributed by atoms with Gasteiger partial charge in [-0.1, -0.05) is 43.9 Å². The summed E-state index contributed by atoms with van der Waals surface area (Å²) in [7, 11) is 0. The van der Waals surface area contributed by atoms with Gasteiger partial charge in [0, 0.05) is 33.1 Å². The molecule has 3 aromatic rings. The highest BCUT2D eigenvalue weighted by Crippen LogP contribution is 2.43. The molecule has 2 fully saturated rings. The van der Waals surface area contributed by atoms with Crippen molar-refractivity contribution in [3.63, 3.8) is 0 Å². The standard InChI is InChI=1S/C31H33F2NOS3/c32-24-11-16-27(17-12-24)36-31(37-28-18-13-25(33)14-19-28)21-30(34-38-29-8-2-1-3-9-29)35-26-15-10-22-6-4-5-7-23(22)20-26/h1-3,8-9,11-14,16-19,22-23,26,31H,4-7,10,15,20-21H2/b34-30-. The first-order chi connectivity index (χ1) is 18.6. The summed E-state index contributed by atoms with van der Waals surface area (Å²) in [5.74, 6) is 1.87. The Bertz CT molecular complexity index is 1130. The monoisotopic (exact) mass is 569 g/mol. The van der Waals surface area contributed by atoms with Crippen molar-refractivity contribution >= 4 is 41.4 Å². The summed E-state index contributed by atoms with van der Waals surface area (Å²) in [6.45, 7) is 0. The molecule has 38 heavy (non-hydrogen) atoms. The highest BCUT2D eigenvalue weighted by atomic mass is 32.2. The predicted molar refractivity (Wildman–Crippen MR) is 157 cm³/mol. The minimum Gasteiger partial charge on any atom is -0.477 e. The number of hydrogen-bond acceptors (Lipinski definition) is 5. The summed E-state index contributed by atoms with van der Waals surface area (Å²) < 4.78 is 38.8. The van der Waals surface area contributed by atoms with Crippen LogP contribution in [0, 0.1) is 23.5 Å². The molecule has 0 saturated heterocycles. The Morgan fingerprint density at radius 2 is 1.34 bits per heavy atom. The first-order valence-corrected chi connectivity index (χ1v) is 15.9. The first-order valence-electron chi connectivity index (χ1n) is 13.4. The lowest BCUT2D eigenvalue weighted by Crippen LogP contribution is -2.33. The average Bonchev–Trinajstić information content (AvgIpc) is 2.94. The molecule has 5 rings (SSSR count). The number of ether oxygens (including phenoxy) is 1. The minimum absolute atomic E-state index is 0.0204. The third kappa shape index (κ3) is 8.27. The van der Waals surface area contributed by atoms with E-state index in [9.17, 15) is 8.78 Å². The Labute approximate surface area is 237 Å². The van der Waals surface area contributed by atoms with Crippen LogP contribution >= 0.6 is 35.5 Å². The number of rotatable bonds is 9. The van der Waals surface area contributed by atoms with Crippen LogP contribution < -0.4 is 0 Å². The molecule has 0 spiro atoms. The molecule has 0 aromatic heterocycles. The van der Waals surface area contributed by atoms with Crippen LogP contribution in [0.5, 0.6) is 0 Å². The van der Waals surface area contributed by atoms with Gasteiger partial charge in [-0.2, -0.15) is 4.40 Å². The van der Waals surface area contributed by atoms with Crippen LogP contribution in [0.2, 0.25) is 0 Å². The molecule has 0 bridgehead atoms. The summed E-state index contributed by atoms with van der Waals surface area (Å²) >= 11 is 4.76. The van der Waals surface area contributed by atoms with Gasteiger partial charge in [0.25, 0.3) is 0 Å². The molecule has 3 unspecified atom stereocenters. The Kier molecular flexibility index (Phi) is 10.1. The van der Waals surface area contributed by atoms with Gasteiger partial charge in [0.05, 0.1) is 4.58 Å². The topological polar surface area (TPSA) is 21.6 Å². The Hall–Kier alpha value is -1.96. The molecular weight excluding hydrogens is 537 g/mol. The lowest BCUT2D eigenvalue weighted by Gasteiger charge is -2.39. The van der Waals surface area contributed by atoms with Gasteiger partial charge < -0.3 is 4.74 Å². The van der Waals surface area contributed by atoms with E-state index in [4.69, 9.17) is 9.13 Å². The van der Waals surface area contributed by atoms with Crippen molar-refractivity contribution in [2.24, 2.45) is 16.2 Å². The summed E-state index contributed by atoms with van der Waals surface area (Å²) in [5, 5.41) is 0. The van der Waals surface area contributed by atoms with E-state index in [1.807, 2.05) is 18.2 Å². The number of thioether (sulfide) groups is 2. The van der Waals surface area contributed by atoms with E-state index in [1.54, 1.807) is 47.8 Å². The molecule has 0 N–H and O–H groups in total. The van der Waals surface area contributed by atoms with Gasteiger partial charge >= 0.3 is 0 Å². The smallest absolute Gasteiger partial charge is 0.197 e. The van der Waals surface area contributed by atoms with E-state index in [2.05, 4.69) is 12.1 Å². The highest BCUT2D eigenvalue weighted by Gasteiger charge is 2.34. The molecule has 3 aromatic carbocycles. The maximum atomic E-state index is 13.6. The highest BCUT2D eigenvalue weighted by molar-refractivity contribution is 8.17. The number of hydrogen-bond donors (Lipinski definition) is 0. The lowest BCUT2D eigenvalue weighted by atomic mass is 9.70. The molecule has 3 atom stereocenters. The second kappa shape index (κ2) is 13.9. The van der Waals surface area contributed by atoms with Crippen molar-refractivity contribution in [1.82, 2.24) is 0 Å². The van der Waals surface area contributed by atoms with Crippen LogP contribution in [0.15, 0.2) is 97.9 Å². The van der Waals surface area contributed by atoms with Gasteiger partial charge in [0.1, 0.15) is 17.7 Å². The van der Waals surface area contributed by atoms with Crippen molar-refractivity contribution in [2.45, 2.75) is 76.7 Å². The maximum absolute atomic E-state index is 13.6. The Morgan fingerprint density at radius 1 is 0.737 bits per heavy atom. The Balaban J connectivity index is 1.35. The lowest BCUT2D eigenvalue weighted by molar-refractivity contribution is 0.0560. The molecule has 0 radical (unpaired) electrons. The summed E-state index contributed by atoms with van der Waals surface area (Å²) in [5.41, 5.74) is 0. The zero-order valence-corrected chi connectivity index (χ0v) is 23.8. The molecular formula is C31H33F2NOS3. The van der Waals surface area contributed by atoms with Crippen molar-refractivity contribution in [1.29, 1.82) is 0 Å². The SMILES string of the molecule is Fc1ccc(SC(C/C(=N/Sc2ccccc2)OC2CCC3CCCCC3C2)Sc2ccc(F)cc2)cc1. The number of fused-ring (bicyclic) bond motifs is 1. The van der Waals surface area contributed by atoms with Crippen molar-refractivity contribution in [2.75, 3.05) is 0 Å². The fourth-order valence-corrected chi connectivity index (χ4v) is 8.51. The van der Waals surface area contributed by atoms with E-state index >= 15 is 0 Å². The largest absolute Gasteiger partial charge is 0.477 e. The van der Waals surface area contributed by atoms with E-state index in [0.717, 1.165) is 45.3 Å². The van der Waals surface area contributed by atoms with Crippen LogP contribution in [0.25, 0.3) is 0 Å². The quantitative estimate of drug-likeness (QED) is 0.0840. The molecule has 0 amide bonds. The molecule has 2 saturated carbocycles. The van der Waals surface area contributed by atoms with Crippen LogP contribution in [0.1, 0.15) is 51.4 Å². The number of halogens is 2. The molecule has 2 aliphatic rings. The molecule has 0 aliphatic heterocycles. The third-order valence-corrected chi connectivity index (χ3v) is 10.6. The van der Waals surface area contributed by atoms with Crippen LogP contribution in [0.4, 0.5) is 8.78 Å². The van der Waals surface area contributed by atoms with Gasteiger partial charge in [0.2, 0.25) is 0 Å². The zero-order valence-electron chi connectivity index (χ0n) is 21.3. The number of benzene rings is 3. The van der Waals surface area contributed by atoms with Gasteiger partial charge in [-0.25, -0.2) is 8.78 Å². The maximum Gasteiger partial charge on any atom is 0.197 e. The van der Waals surface area contributed by atoms with Crippen LogP contribution in [0.3, 0.4) is 0 Å². The molecule has 7 heteroatoms. The third-order valence-electron chi connectivity index (χ3n) is 7.29. The van der Waals surface area contributed by atoms with Crippen molar-refractivity contribution in [3.05, 3.63) is 90.5 Å². The fourth-order valence-electron chi connectivity index (χ4n) is 5.40. The van der Waals surface area contributed by atoms with Crippen molar-refractivity contribution in [3.8, 4) is 0 Å². The number of nitrogens with zero attached hydrogens (tertiary/aromatic N) is 1. The van der Waals surface area contributed by atoms with Crippen LogP contribution in [-0.4, -0.2) is 16.6 Å². The summed E-state index contributed by atoms with van der Waals surface area (Å²) in [4.78, 5) is 3.02. The molecule has 2 nitrogen and oxygen atoms in total. The minimum atomic E-state index is -0.250. The van der Waals surface area contributed by atoms with Gasteiger partial charge in [-0.05, 0) is 91.8 Å². The fraction of sp³-hybridized carbons (Fsp3) is 0.387. The van der Waals surface area contributed by atoms with E-state index < -0.39 is 0 Å². The molecule has 2 aliphatic carbocycles. The van der Waals surface area contributed by atoms with Gasteiger partial charge in [-0.3, -0.25) is 0 Å². The molecule has 0 heterocycles. The second-order valence-electron chi connectivity index (χ2n) is 10.0.